The van der Waals surface area contributed by atoms with E-state index in [4.69, 9.17) is 4.52 Å². The van der Waals surface area contributed by atoms with Gasteiger partial charge in [-0.2, -0.15) is 0 Å². The summed E-state index contributed by atoms with van der Waals surface area (Å²) in [5.74, 6) is -0.826. The molecule has 0 aromatic heterocycles. The third-order valence-electron chi connectivity index (χ3n) is 5.61. The average molecular weight is 485 g/mol. The number of nitro benzene ring substituents is 1. The van der Waals surface area contributed by atoms with E-state index >= 15 is 0 Å². The minimum absolute atomic E-state index is 0.174. The Morgan fingerprint density at radius 2 is 1.34 bits per heavy atom. The van der Waals surface area contributed by atoms with E-state index in [9.17, 15) is 19.5 Å². The Balaban J connectivity index is 1.77. The van der Waals surface area contributed by atoms with E-state index in [1.165, 1.54) is 27.8 Å². The Kier molecular flexibility index (Phi) is 5.81. The molecule has 0 bridgehead atoms. The number of amides is 2. The van der Waals surface area contributed by atoms with Gasteiger partial charge in [0.25, 0.3) is 5.69 Å². The van der Waals surface area contributed by atoms with Crippen LogP contribution >= 0.6 is 7.52 Å². The third-order valence-corrected chi connectivity index (χ3v) is 8.19. The fraction of sp³-hybridized carbons (Fsp3) is 0.0385. The van der Waals surface area contributed by atoms with E-state index in [1.54, 1.807) is 97.1 Å². The molecule has 1 heterocycles. The number of para-hydroxylation sites is 3. The molecule has 0 spiro atoms. The maximum atomic E-state index is 15.0. The molecule has 2 amide bonds. The van der Waals surface area contributed by atoms with Crippen molar-refractivity contribution in [2.45, 2.75) is 5.78 Å². The standard InChI is InChI=1S/C26H20N3O5P/c30-26-27(21-12-4-1-5-13-21)25(20-11-10-16-23(19-20)29(31)32)35(33,34-24-17-8-3-9-18-24)28(26)22-14-6-2-7-15-22/h1-19,25H. The number of non-ortho nitro benzene ring substituents is 1. The van der Waals surface area contributed by atoms with Crippen molar-refractivity contribution in [3.8, 4) is 5.75 Å². The van der Waals surface area contributed by atoms with E-state index in [1.807, 2.05) is 0 Å². The average Bonchev–Trinajstić information content (AvgIpc) is 3.11. The maximum Gasteiger partial charge on any atom is 0.378 e. The smallest absolute Gasteiger partial charge is 0.378 e. The van der Waals surface area contributed by atoms with Crippen molar-refractivity contribution >= 4 is 30.6 Å². The highest BCUT2D eigenvalue weighted by Gasteiger charge is 2.59. The number of carbonyl (C=O) groups is 1. The van der Waals surface area contributed by atoms with Crippen LogP contribution in [0.4, 0.5) is 21.9 Å². The number of hydrogen-bond donors (Lipinski definition) is 0. The summed E-state index contributed by atoms with van der Waals surface area (Å²) >= 11 is 0. The van der Waals surface area contributed by atoms with Crippen LogP contribution < -0.4 is 14.1 Å². The molecule has 8 nitrogen and oxygen atoms in total. The largest absolute Gasteiger partial charge is 0.427 e. The molecule has 0 saturated carbocycles. The normalized spacial score (nSPS) is 19.5. The van der Waals surface area contributed by atoms with Crippen LogP contribution in [-0.2, 0) is 4.57 Å². The fourth-order valence-electron chi connectivity index (χ4n) is 4.12. The van der Waals surface area contributed by atoms with Crippen LogP contribution in [-0.4, -0.2) is 11.0 Å². The molecule has 2 atom stereocenters. The maximum absolute atomic E-state index is 15.0. The molecular weight excluding hydrogens is 465 g/mol. The summed E-state index contributed by atoms with van der Waals surface area (Å²) in [6.07, 6.45) is 0. The van der Waals surface area contributed by atoms with Gasteiger partial charge in [0.2, 0.25) is 0 Å². The molecule has 0 aliphatic carbocycles. The molecule has 4 aromatic rings. The van der Waals surface area contributed by atoms with E-state index in [2.05, 4.69) is 0 Å². The number of hydrogen-bond acceptors (Lipinski definition) is 5. The van der Waals surface area contributed by atoms with Crippen LogP contribution in [0.3, 0.4) is 0 Å². The number of nitrogens with zero attached hydrogens (tertiary/aromatic N) is 3. The van der Waals surface area contributed by atoms with Crippen LogP contribution in [0.1, 0.15) is 11.3 Å². The minimum Gasteiger partial charge on any atom is -0.427 e. The molecule has 1 saturated heterocycles. The number of benzene rings is 4. The lowest BCUT2D eigenvalue weighted by atomic mass is 10.1. The van der Waals surface area contributed by atoms with Gasteiger partial charge in [0.1, 0.15) is 5.75 Å². The molecule has 35 heavy (non-hydrogen) atoms. The summed E-state index contributed by atoms with van der Waals surface area (Å²) in [6.45, 7) is 0. The second-order valence-electron chi connectivity index (χ2n) is 7.83. The SMILES string of the molecule is O=C1N(c2ccccc2)C(c2cccc([N+](=O)[O-])c2)P(=O)(Oc2ccccc2)N1c1ccccc1. The van der Waals surface area contributed by atoms with Gasteiger partial charge in [-0.05, 0) is 42.0 Å². The first-order chi connectivity index (χ1) is 17.0. The lowest BCUT2D eigenvalue weighted by Gasteiger charge is -2.28. The summed E-state index contributed by atoms with van der Waals surface area (Å²) < 4.78 is 22.3. The first kappa shape index (κ1) is 22.4. The molecule has 0 N–H and O–H groups in total. The predicted molar refractivity (Wildman–Crippen MR) is 134 cm³/mol. The van der Waals surface area contributed by atoms with Crippen LogP contribution in [0.5, 0.6) is 5.75 Å². The van der Waals surface area contributed by atoms with Crippen LogP contribution in [0.2, 0.25) is 0 Å². The lowest BCUT2D eigenvalue weighted by molar-refractivity contribution is -0.384. The molecule has 0 radical (unpaired) electrons. The minimum atomic E-state index is -4.10. The van der Waals surface area contributed by atoms with E-state index in [-0.39, 0.29) is 5.69 Å². The zero-order valence-corrected chi connectivity index (χ0v) is 19.3. The number of anilines is 2. The Morgan fingerprint density at radius 3 is 1.94 bits per heavy atom. The topological polar surface area (TPSA) is 93.0 Å². The molecule has 174 valence electrons. The number of carbonyl (C=O) groups excluding carboxylic acids is 1. The molecular formula is C26H20N3O5P. The van der Waals surface area contributed by atoms with Gasteiger partial charge in [-0.15, -0.1) is 0 Å². The zero-order chi connectivity index (χ0) is 24.4. The van der Waals surface area contributed by atoms with Crippen molar-refractivity contribution in [3.05, 3.63) is 131 Å². The van der Waals surface area contributed by atoms with Crippen LogP contribution in [0.15, 0.2) is 115 Å². The highest BCUT2D eigenvalue weighted by Crippen LogP contribution is 2.69. The number of urea groups is 1. The highest BCUT2D eigenvalue weighted by molar-refractivity contribution is 7.63. The summed E-state index contributed by atoms with van der Waals surface area (Å²) in [7, 11) is -4.10. The molecule has 1 aliphatic heterocycles. The number of nitro groups is 1. The molecule has 1 aliphatic rings. The molecule has 4 aromatic carbocycles. The fourth-order valence-corrected chi connectivity index (χ4v) is 6.80. The van der Waals surface area contributed by atoms with Gasteiger partial charge in [0.05, 0.1) is 10.6 Å². The summed E-state index contributed by atoms with van der Waals surface area (Å²) in [5, 5.41) is 11.5. The van der Waals surface area contributed by atoms with Crippen molar-refractivity contribution in [1.29, 1.82) is 0 Å². The molecule has 5 rings (SSSR count). The van der Waals surface area contributed by atoms with Gasteiger partial charge in [0, 0.05) is 17.8 Å². The Hall–Kier alpha value is -4.42. The molecule has 1 fully saturated rings. The predicted octanol–water partition coefficient (Wildman–Crippen LogP) is 7.01. The number of rotatable bonds is 6. The summed E-state index contributed by atoms with van der Waals surface area (Å²) in [6, 6.07) is 31.3. The van der Waals surface area contributed by atoms with Crippen molar-refractivity contribution in [2.75, 3.05) is 9.57 Å². The van der Waals surface area contributed by atoms with E-state index in [0.717, 1.165) is 0 Å². The van der Waals surface area contributed by atoms with Crippen molar-refractivity contribution in [1.82, 2.24) is 0 Å². The highest BCUT2D eigenvalue weighted by atomic mass is 31.2. The lowest BCUT2D eigenvalue weighted by Crippen LogP contribution is -2.32. The van der Waals surface area contributed by atoms with Gasteiger partial charge in [-0.25, -0.2) is 9.46 Å². The van der Waals surface area contributed by atoms with E-state index in [0.29, 0.717) is 22.7 Å². The van der Waals surface area contributed by atoms with Crippen LogP contribution in [0.25, 0.3) is 0 Å². The second-order valence-corrected chi connectivity index (χ2v) is 10.0. The van der Waals surface area contributed by atoms with Gasteiger partial charge < -0.3 is 4.52 Å². The van der Waals surface area contributed by atoms with Gasteiger partial charge >= 0.3 is 13.6 Å². The van der Waals surface area contributed by atoms with Crippen molar-refractivity contribution in [2.24, 2.45) is 0 Å². The quantitative estimate of drug-likeness (QED) is 0.166. The second kappa shape index (κ2) is 9.08. The third kappa shape index (κ3) is 4.05. The van der Waals surface area contributed by atoms with Crippen LogP contribution in [0, 0.1) is 10.1 Å². The van der Waals surface area contributed by atoms with Crippen molar-refractivity contribution in [3.63, 3.8) is 0 Å². The van der Waals surface area contributed by atoms with Gasteiger partial charge in [-0.1, -0.05) is 66.7 Å². The molecule has 9 heteroatoms. The first-order valence-corrected chi connectivity index (χ1v) is 12.5. The van der Waals surface area contributed by atoms with Gasteiger partial charge in [0.15, 0.2) is 5.78 Å². The Bertz CT molecular complexity index is 1420. The monoisotopic (exact) mass is 485 g/mol. The summed E-state index contributed by atoms with van der Waals surface area (Å²) in [5.41, 5.74) is 1.04. The van der Waals surface area contributed by atoms with Gasteiger partial charge in [-0.3, -0.25) is 19.6 Å². The zero-order valence-electron chi connectivity index (χ0n) is 18.4. The van der Waals surface area contributed by atoms with Crippen molar-refractivity contribution < 1.29 is 18.8 Å². The molecule has 2 unspecified atom stereocenters. The Labute approximate surface area is 201 Å². The summed E-state index contributed by atoms with van der Waals surface area (Å²) in [4.78, 5) is 26.4. The Morgan fingerprint density at radius 1 is 0.771 bits per heavy atom. The first-order valence-electron chi connectivity index (χ1n) is 10.8. The van der Waals surface area contributed by atoms with E-state index < -0.39 is 24.3 Å².